The molecule has 2 aromatic rings. The first kappa shape index (κ1) is 20.2. The number of hydrogen-bond acceptors (Lipinski definition) is 4. The van der Waals surface area contributed by atoms with E-state index < -0.39 is 6.10 Å². The standard InChI is InChI=1S/C24H28N2O2S/c27-22(20-9-10-23-21(17-20)7-4-16-29-23)18-25-12-14-26(15-13-25)24(28)11-8-19-5-2-1-3-6-19/h1-3,5-6,8-11,17,22,27H,4,7,12-16,18H2/b11-8+. The Bertz CT molecular complexity index is 860. The molecule has 0 saturated carbocycles. The van der Waals surface area contributed by atoms with Gasteiger partial charge in [-0.25, -0.2) is 0 Å². The van der Waals surface area contributed by atoms with Crippen molar-refractivity contribution in [2.45, 2.75) is 23.8 Å². The van der Waals surface area contributed by atoms with Crippen LogP contribution in [-0.2, 0) is 11.2 Å². The summed E-state index contributed by atoms with van der Waals surface area (Å²) in [7, 11) is 0. The third-order valence-electron chi connectivity index (χ3n) is 5.65. The number of aryl methyl sites for hydroxylation is 1. The Labute approximate surface area is 177 Å². The summed E-state index contributed by atoms with van der Waals surface area (Å²) < 4.78 is 0. The maximum atomic E-state index is 12.4. The lowest BCUT2D eigenvalue weighted by Gasteiger charge is -2.35. The summed E-state index contributed by atoms with van der Waals surface area (Å²) in [6.45, 7) is 3.61. The maximum absolute atomic E-state index is 12.4. The number of β-amino-alcohol motifs (C(OH)–C–C–N with tert-alkyl or cyclic N) is 1. The minimum Gasteiger partial charge on any atom is -0.387 e. The molecule has 0 aliphatic carbocycles. The Hall–Kier alpha value is -2.08. The summed E-state index contributed by atoms with van der Waals surface area (Å²) in [6.07, 6.45) is 5.37. The molecule has 2 aromatic carbocycles. The van der Waals surface area contributed by atoms with Gasteiger partial charge in [-0.1, -0.05) is 42.5 Å². The van der Waals surface area contributed by atoms with Crippen molar-refractivity contribution in [2.24, 2.45) is 0 Å². The summed E-state index contributed by atoms with van der Waals surface area (Å²) in [5.74, 6) is 1.25. The number of fused-ring (bicyclic) bond motifs is 1. The molecular formula is C24H28N2O2S. The van der Waals surface area contributed by atoms with Crippen LogP contribution in [0.3, 0.4) is 0 Å². The van der Waals surface area contributed by atoms with Crippen LogP contribution in [-0.4, -0.2) is 59.3 Å². The zero-order chi connectivity index (χ0) is 20.1. The molecule has 0 spiro atoms. The minimum atomic E-state index is -0.479. The second-order valence-corrected chi connectivity index (χ2v) is 8.84. The molecule has 0 radical (unpaired) electrons. The van der Waals surface area contributed by atoms with Crippen LogP contribution in [0.2, 0.25) is 0 Å². The zero-order valence-corrected chi connectivity index (χ0v) is 17.5. The number of amides is 1. The fourth-order valence-electron chi connectivity index (χ4n) is 3.93. The summed E-state index contributed by atoms with van der Waals surface area (Å²) in [5.41, 5.74) is 3.42. The first-order chi connectivity index (χ1) is 14.2. The number of piperazine rings is 1. The van der Waals surface area contributed by atoms with Crippen molar-refractivity contribution in [3.63, 3.8) is 0 Å². The van der Waals surface area contributed by atoms with E-state index in [0.29, 0.717) is 19.6 Å². The van der Waals surface area contributed by atoms with Crippen molar-refractivity contribution in [3.8, 4) is 0 Å². The van der Waals surface area contributed by atoms with Gasteiger partial charge in [0.25, 0.3) is 0 Å². The lowest BCUT2D eigenvalue weighted by atomic mass is 10.0. The molecule has 0 bridgehead atoms. The van der Waals surface area contributed by atoms with Gasteiger partial charge in [0.1, 0.15) is 0 Å². The van der Waals surface area contributed by atoms with Crippen molar-refractivity contribution < 1.29 is 9.90 Å². The Kier molecular flexibility index (Phi) is 6.70. The number of carbonyl (C=O) groups is 1. The second kappa shape index (κ2) is 9.61. The van der Waals surface area contributed by atoms with E-state index in [1.54, 1.807) is 6.08 Å². The number of aliphatic hydroxyl groups excluding tert-OH is 1. The van der Waals surface area contributed by atoms with Crippen LogP contribution >= 0.6 is 11.8 Å². The molecule has 29 heavy (non-hydrogen) atoms. The Morgan fingerprint density at radius 3 is 2.69 bits per heavy atom. The molecule has 2 heterocycles. The molecule has 2 aliphatic heterocycles. The molecule has 1 atom stereocenters. The molecule has 1 saturated heterocycles. The van der Waals surface area contributed by atoms with Crippen LogP contribution in [0.4, 0.5) is 0 Å². The highest BCUT2D eigenvalue weighted by Gasteiger charge is 2.22. The molecule has 4 nitrogen and oxygen atoms in total. The van der Waals surface area contributed by atoms with Crippen molar-refractivity contribution in [2.75, 3.05) is 38.5 Å². The van der Waals surface area contributed by atoms with Gasteiger partial charge in [0.15, 0.2) is 0 Å². The molecule has 152 valence electrons. The topological polar surface area (TPSA) is 43.8 Å². The van der Waals surface area contributed by atoms with Crippen LogP contribution < -0.4 is 0 Å². The van der Waals surface area contributed by atoms with E-state index in [2.05, 4.69) is 23.1 Å². The Balaban J connectivity index is 1.27. The van der Waals surface area contributed by atoms with Crippen LogP contribution in [0.1, 0.15) is 29.2 Å². The molecule has 5 heteroatoms. The fraction of sp³-hybridized carbons (Fsp3) is 0.375. The zero-order valence-electron chi connectivity index (χ0n) is 16.7. The number of carbonyl (C=O) groups excluding carboxylic acids is 1. The first-order valence-corrected chi connectivity index (χ1v) is 11.4. The molecule has 2 aliphatic rings. The van der Waals surface area contributed by atoms with E-state index in [4.69, 9.17) is 0 Å². The number of rotatable bonds is 5. The predicted molar refractivity (Wildman–Crippen MR) is 119 cm³/mol. The molecule has 1 fully saturated rings. The van der Waals surface area contributed by atoms with Gasteiger partial charge in [-0.2, -0.15) is 0 Å². The number of aliphatic hydroxyl groups is 1. The number of hydrogen-bond donors (Lipinski definition) is 1. The number of thioether (sulfide) groups is 1. The van der Waals surface area contributed by atoms with E-state index in [1.165, 1.54) is 22.6 Å². The monoisotopic (exact) mass is 408 g/mol. The first-order valence-electron chi connectivity index (χ1n) is 10.4. The molecule has 1 N–H and O–H groups in total. The van der Waals surface area contributed by atoms with Gasteiger partial charge < -0.3 is 10.0 Å². The largest absolute Gasteiger partial charge is 0.387 e. The SMILES string of the molecule is O=C(/C=C/c1ccccc1)N1CCN(CC(O)c2ccc3c(c2)CCCS3)CC1. The predicted octanol–water partition coefficient (Wildman–Crippen LogP) is 3.62. The quantitative estimate of drug-likeness (QED) is 0.768. The smallest absolute Gasteiger partial charge is 0.246 e. The van der Waals surface area contributed by atoms with Gasteiger partial charge in [0.05, 0.1) is 6.10 Å². The number of nitrogens with zero attached hydrogens (tertiary/aromatic N) is 2. The fourth-order valence-corrected chi connectivity index (χ4v) is 4.94. The average Bonchev–Trinajstić information content (AvgIpc) is 2.78. The van der Waals surface area contributed by atoms with Crippen molar-refractivity contribution >= 4 is 23.7 Å². The number of benzene rings is 2. The van der Waals surface area contributed by atoms with Gasteiger partial charge in [0, 0.05) is 43.7 Å². The Morgan fingerprint density at radius 2 is 1.90 bits per heavy atom. The van der Waals surface area contributed by atoms with E-state index in [-0.39, 0.29) is 5.91 Å². The summed E-state index contributed by atoms with van der Waals surface area (Å²) in [5, 5.41) is 10.7. The van der Waals surface area contributed by atoms with Gasteiger partial charge in [-0.15, -0.1) is 11.8 Å². The average molecular weight is 409 g/mol. The summed E-state index contributed by atoms with van der Waals surface area (Å²) in [4.78, 5) is 17.9. The normalized spacial score (nSPS) is 18.6. The highest BCUT2D eigenvalue weighted by Crippen LogP contribution is 2.32. The summed E-state index contributed by atoms with van der Waals surface area (Å²) in [6, 6.07) is 16.3. The van der Waals surface area contributed by atoms with Crippen molar-refractivity contribution in [3.05, 3.63) is 71.3 Å². The van der Waals surface area contributed by atoms with E-state index >= 15 is 0 Å². The minimum absolute atomic E-state index is 0.0567. The summed E-state index contributed by atoms with van der Waals surface area (Å²) >= 11 is 1.92. The third kappa shape index (κ3) is 5.30. The molecular weight excluding hydrogens is 380 g/mol. The molecule has 0 aromatic heterocycles. The maximum Gasteiger partial charge on any atom is 0.246 e. The van der Waals surface area contributed by atoms with Crippen molar-refractivity contribution in [1.29, 1.82) is 0 Å². The van der Waals surface area contributed by atoms with Crippen LogP contribution in [0.5, 0.6) is 0 Å². The van der Waals surface area contributed by atoms with Gasteiger partial charge in [-0.05, 0) is 47.4 Å². The van der Waals surface area contributed by atoms with E-state index in [0.717, 1.165) is 30.6 Å². The molecule has 1 amide bonds. The van der Waals surface area contributed by atoms with Crippen molar-refractivity contribution in [1.82, 2.24) is 9.80 Å². The Morgan fingerprint density at radius 1 is 1.10 bits per heavy atom. The lowest BCUT2D eigenvalue weighted by Crippen LogP contribution is -2.49. The second-order valence-electron chi connectivity index (χ2n) is 7.70. The highest BCUT2D eigenvalue weighted by molar-refractivity contribution is 7.99. The third-order valence-corrected chi connectivity index (χ3v) is 6.85. The molecule has 1 unspecified atom stereocenters. The van der Waals surface area contributed by atoms with Gasteiger partial charge in [-0.3, -0.25) is 9.69 Å². The highest BCUT2D eigenvalue weighted by atomic mass is 32.2. The van der Waals surface area contributed by atoms with Gasteiger partial charge in [0.2, 0.25) is 5.91 Å². The molecule has 4 rings (SSSR count). The van der Waals surface area contributed by atoms with Crippen LogP contribution in [0.25, 0.3) is 6.08 Å². The van der Waals surface area contributed by atoms with Crippen LogP contribution in [0.15, 0.2) is 59.5 Å². The van der Waals surface area contributed by atoms with Crippen LogP contribution in [0, 0.1) is 0 Å². The van der Waals surface area contributed by atoms with E-state index in [9.17, 15) is 9.90 Å². The lowest BCUT2D eigenvalue weighted by molar-refractivity contribution is -0.127. The van der Waals surface area contributed by atoms with E-state index in [1.807, 2.05) is 53.1 Å². The van der Waals surface area contributed by atoms with Gasteiger partial charge >= 0.3 is 0 Å².